The summed E-state index contributed by atoms with van der Waals surface area (Å²) in [6.07, 6.45) is 5.25. The van der Waals surface area contributed by atoms with Crippen molar-refractivity contribution < 1.29 is 13.2 Å². The van der Waals surface area contributed by atoms with E-state index in [0.717, 1.165) is 18.4 Å². The molecule has 138 valence electrons. The second-order valence-corrected chi connectivity index (χ2v) is 11.1. The molecule has 1 aromatic carbocycles. The summed E-state index contributed by atoms with van der Waals surface area (Å²) < 4.78 is 25.8. The largest absolute Gasteiger partial charge is 0.299 e. The number of benzene rings is 1. The van der Waals surface area contributed by atoms with Gasteiger partial charge in [0, 0.05) is 25.4 Å². The van der Waals surface area contributed by atoms with Gasteiger partial charge in [0.25, 0.3) is 0 Å². The van der Waals surface area contributed by atoms with Crippen LogP contribution in [-0.4, -0.2) is 36.3 Å². The number of ketones is 1. The number of carbonyl (C=O) groups excluding carboxylic acids is 1. The normalized spacial score (nSPS) is 19.8. The van der Waals surface area contributed by atoms with E-state index in [1.807, 2.05) is 0 Å². The number of aryl methyl sites for hydroxylation is 2. The molecule has 0 amide bonds. The van der Waals surface area contributed by atoms with Gasteiger partial charge in [-0.05, 0) is 69.6 Å². The van der Waals surface area contributed by atoms with Gasteiger partial charge in [0.1, 0.15) is 5.78 Å². The molecule has 0 aromatic heterocycles. The van der Waals surface area contributed by atoms with Crippen LogP contribution in [0, 0.1) is 5.92 Å². The highest BCUT2D eigenvalue weighted by Crippen LogP contribution is 2.28. The number of fused-ring (bicyclic) bond motifs is 1. The molecule has 0 radical (unpaired) electrons. The molecule has 4 nitrogen and oxygen atoms in total. The smallest absolute Gasteiger partial charge is 0.219 e. The summed E-state index contributed by atoms with van der Waals surface area (Å²) in [7, 11) is -3.29. The Morgan fingerprint density at radius 2 is 1.76 bits per heavy atom. The summed E-state index contributed by atoms with van der Waals surface area (Å²) in [5.41, 5.74) is 3.93. The van der Waals surface area contributed by atoms with Crippen LogP contribution >= 0.6 is 0 Å². The fraction of sp³-hybridized carbons (Fsp3) is 0.650. The summed E-state index contributed by atoms with van der Waals surface area (Å²) in [5, 5.41) is 0. The first-order valence-electron chi connectivity index (χ1n) is 9.31. The van der Waals surface area contributed by atoms with Crippen LogP contribution in [0.1, 0.15) is 56.7 Å². The van der Waals surface area contributed by atoms with Crippen LogP contribution in [0.3, 0.4) is 0 Å². The van der Waals surface area contributed by atoms with E-state index < -0.39 is 14.8 Å². The Labute approximate surface area is 151 Å². The Hall–Kier alpha value is -1.20. The molecule has 0 spiro atoms. The average Bonchev–Trinajstić information content (AvgIpc) is 3.01. The average molecular weight is 364 g/mol. The first-order chi connectivity index (χ1) is 11.7. The Kier molecular flexibility index (Phi) is 5.09. The molecule has 0 atom stereocenters. The second-order valence-electron chi connectivity index (χ2n) is 8.39. The molecule has 25 heavy (non-hydrogen) atoms. The number of rotatable bonds is 4. The van der Waals surface area contributed by atoms with Crippen molar-refractivity contribution in [1.29, 1.82) is 0 Å². The van der Waals surface area contributed by atoms with Crippen molar-refractivity contribution >= 4 is 15.8 Å². The standard InChI is InChI=1S/C20H29NO3S/c1-20(2,3)25(23,24)21-11-9-17(10-12-21)19(22)14-15-7-8-16-5-4-6-18(16)13-15/h7-8,13,17H,4-6,9-12,14H2,1-3H3. The third-order valence-corrected chi connectivity index (χ3v) is 8.16. The minimum atomic E-state index is -3.29. The SMILES string of the molecule is CC(C)(C)S(=O)(=O)N1CCC(C(=O)Cc2ccc3c(c2)CCC3)CC1. The fourth-order valence-corrected chi connectivity index (χ4v) is 5.35. The molecule has 1 aromatic rings. The highest BCUT2D eigenvalue weighted by Gasteiger charge is 2.38. The number of sulfonamides is 1. The maximum Gasteiger partial charge on any atom is 0.219 e. The van der Waals surface area contributed by atoms with Gasteiger partial charge in [-0.15, -0.1) is 0 Å². The zero-order valence-corrected chi connectivity index (χ0v) is 16.4. The van der Waals surface area contributed by atoms with E-state index in [4.69, 9.17) is 0 Å². The molecule has 0 N–H and O–H groups in total. The van der Waals surface area contributed by atoms with Crippen LogP contribution in [0.25, 0.3) is 0 Å². The van der Waals surface area contributed by atoms with Gasteiger partial charge in [-0.1, -0.05) is 18.2 Å². The predicted molar refractivity (Wildman–Crippen MR) is 100 cm³/mol. The van der Waals surface area contributed by atoms with Crippen LogP contribution in [0.5, 0.6) is 0 Å². The number of nitrogens with zero attached hydrogens (tertiary/aromatic N) is 1. The van der Waals surface area contributed by atoms with Crippen LogP contribution in [-0.2, 0) is 34.1 Å². The predicted octanol–water partition coefficient (Wildman–Crippen LogP) is 3.13. The zero-order chi connectivity index (χ0) is 18.2. The van der Waals surface area contributed by atoms with E-state index in [0.29, 0.717) is 32.4 Å². The summed E-state index contributed by atoms with van der Waals surface area (Å²) in [6, 6.07) is 6.45. The fourth-order valence-electron chi connectivity index (χ4n) is 3.89. The van der Waals surface area contributed by atoms with Gasteiger partial charge in [0.05, 0.1) is 4.75 Å². The molecule has 3 rings (SSSR count). The molecular formula is C20H29NO3S. The van der Waals surface area contributed by atoms with Crippen molar-refractivity contribution in [3.05, 3.63) is 34.9 Å². The van der Waals surface area contributed by atoms with Crippen molar-refractivity contribution in [2.45, 2.75) is 64.0 Å². The van der Waals surface area contributed by atoms with E-state index in [1.54, 1.807) is 25.1 Å². The topological polar surface area (TPSA) is 54.5 Å². The third-order valence-electron chi connectivity index (χ3n) is 5.56. The van der Waals surface area contributed by atoms with E-state index >= 15 is 0 Å². The number of piperidine rings is 1. The monoisotopic (exact) mass is 363 g/mol. The van der Waals surface area contributed by atoms with E-state index in [9.17, 15) is 13.2 Å². The van der Waals surface area contributed by atoms with Crippen LogP contribution < -0.4 is 0 Å². The summed E-state index contributed by atoms with van der Waals surface area (Å²) in [6.45, 7) is 6.11. The molecule has 1 aliphatic carbocycles. The van der Waals surface area contributed by atoms with Crippen LogP contribution in [0.4, 0.5) is 0 Å². The number of carbonyl (C=O) groups is 1. The van der Waals surface area contributed by atoms with Gasteiger partial charge in [-0.3, -0.25) is 4.79 Å². The van der Waals surface area contributed by atoms with Gasteiger partial charge in [0.15, 0.2) is 0 Å². The lowest BCUT2D eigenvalue weighted by atomic mass is 9.89. The first kappa shape index (κ1) is 18.6. The number of Topliss-reactive ketones (excluding diaryl/α,β-unsaturated/α-hetero) is 1. The summed E-state index contributed by atoms with van der Waals surface area (Å²) in [4.78, 5) is 12.7. The van der Waals surface area contributed by atoms with Crippen molar-refractivity contribution in [3.63, 3.8) is 0 Å². The molecule has 1 fully saturated rings. The van der Waals surface area contributed by atoms with Crippen molar-refractivity contribution in [2.75, 3.05) is 13.1 Å². The molecule has 1 aliphatic heterocycles. The molecule has 1 saturated heterocycles. The van der Waals surface area contributed by atoms with Gasteiger partial charge >= 0.3 is 0 Å². The van der Waals surface area contributed by atoms with Crippen molar-refractivity contribution in [3.8, 4) is 0 Å². The highest BCUT2D eigenvalue weighted by molar-refractivity contribution is 7.90. The van der Waals surface area contributed by atoms with Crippen molar-refractivity contribution in [1.82, 2.24) is 4.31 Å². The Morgan fingerprint density at radius 1 is 1.12 bits per heavy atom. The number of hydrogen-bond acceptors (Lipinski definition) is 3. The molecular weight excluding hydrogens is 334 g/mol. The Bertz CT molecular complexity index is 754. The van der Waals surface area contributed by atoms with Gasteiger partial charge in [-0.25, -0.2) is 12.7 Å². The first-order valence-corrected chi connectivity index (χ1v) is 10.8. The maximum absolute atomic E-state index is 12.7. The summed E-state index contributed by atoms with van der Waals surface area (Å²) in [5.74, 6) is 0.241. The summed E-state index contributed by atoms with van der Waals surface area (Å²) >= 11 is 0. The Balaban J connectivity index is 1.59. The molecule has 0 unspecified atom stereocenters. The lowest BCUT2D eigenvalue weighted by molar-refractivity contribution is -0.123. The zero-order valence-electron chi connectivity index (χ0n) is 15.5. The van der Waals surface area contributed by atoms with Gasteiger partial charge < -0.3 is 0 Å². The van der Waals surface area contributed by atoms with Gasteiger partial charge in [-0.2, -0.15) is 0 Å². The van der Waals surface area contributed by atoms with Crippen LogP contribution in [0.2, 0.25) is 0 Å². The quantitative estimate of drug-likeness (QED) is 0.826. The second kappa shape index (κ2) is 6.84. The van der Waals surface area contributed by atoms with Crippen molar-refractivity contribution in [2.24, 2.45) is 5.92 Å². The van der Waals surface area contributed by atoms with Gasteiger partial charge in [0.2, 0.25) is 10.0 Å². The highest BCUT2D eigenvalue weighted by atomic mass is 32.2. The molecule has 5 heteroatoms. The Morgan fingerprint density at radius 3 is 2.40 bits per heavy atom. The van der Waals surface area contributed by atoms with E-state index in [1.165, 1.54) is 17.5 Å². The molecule has 1 heterocycles. The number of hydrogen-bond donors (Lipinski definition) is 0. The molecule has 0 bridgehead atoms. The lowest BCUT2D eigenvalue weighted by Gasteiger charge is -2.35. The third kappa shape index (κ3) is 3.82. The minimum absolute atomic E-state index is 0.0142. The molecule has 0 saturated carbocycles. The van der Waals surface area contributed by atoms with E-state index in [-0.39, 0.29) is 11.7 Å². The lowest BCUT2D eigenvalue weighted by Crippen LogP contribution is -2.47. The minimum Gasteiger partial charge on any atom is -0.299 e. The van der Waals surface area contributed by atoms with Crippen LogP contribution in [0.15, 0.2) is 18.2 Å². The molecule has 2 aliphatic rings. The van der Waals surface area contributed by atoms with E-state index in [2.05, 4.69) is 18.2 Å². The maximum atomic E-state index is 12.7.